The first-order valence-corrected chi connectivity index (χ1v) is 25.1. The summed E-state index contributed by atoms with van der Waals surface area (Å²) in [5, 5.41) is 0. The first-order valence-electron chi connectivity index (χ1n) is 25.1. The quantitative estimate of drug-likeness (QED) is 0.0263. The van der Waals surface area contributed by atoms with Gasteiger partial charge in [-0.1, -0.05) is 176 Å². The number of esters is 3. The third-order valence-corrected chi connectivity index (χ3v) is 10.3. The lowest BCUT2D eigenvalue weighted by molar-refractivity contribution is -0.167. The van der Waals surface area contributed by atoms with Crippen molar-refractivity contribution in [3.63, 3.8) is 0 Å². The minimum absolute atomic E-state index is 0.105. The molecule has 6 heteroatoms. The van der Waals surface area contributed by atoms with Crippen molar-refractivity contribution in [3.05, 3.63) is 85.1 Å². The number of carbonyl (C=O) groups excluding carboxylic acids is 3. The second-order valence-corrected chi connectivity index (χ2v) is 16.4. The number of hydrogen-bond acceptors (Lipinski definition) is 6. The van der Waals surface area contributed by atoms with Crippen molar-refractivity contribution in [1.82, 2.24) is 0 Å². The Bertz CT molecular complexity index is 1200. The van der Waals surface area contributed by atoms with Crippen LogP contribution in [-0.4, -0.2) is 37.2 Å². The molecule has 0 fully saturated rings. The van der Waals surface area contributed by atoms with Crippen molar-refractivity contribution >= 4 is 17.9 Å². The largest absolute Gasteiger partial charge is 0.462 e. The van der Waals surface area contributed by atoms with E-state index in [9.17, 15) is 14.4 Å². The SMILES string of the molecule is CCCC/C=C\CCCCCCCC(=O)OC[C@H](COC(=O)CCCCCC/C=C\C/C=C\C/C=C\CCCCC)OC(=O)CCCC/C=C\C/C=C\C/C=C\CCCCC. The molecule has 0 aliphatic heterocycles. The molecular weight excluding hydrogens is 757 g/mol. The Labute approximate surface area is 375 Å². The van der Waals surface area contributed by atoms with Crippen LogP contribution in [0.5, 0.6) is 0 Å². The van der Waals surface area contributed by atoms with E-state index in [1.807, 2.05) is 0 Å². The first-order chi connectivity index (χ1) is 30.0. The van der Waals surface area contributed by atoms with E-state index in [4.69, 9.17) is 14.2 Å². The van der Waals surface area contributed by atoms with Gasteiger partial charge in [0.1, 0.15) is 13.2 Å². The number of ether oxygens (including phenoxy) is 3. The molecule has 1 atom stereocenters. The topological polar surface area (TPSA) is 78.9 Å². The normalized spacial score (nSPS) is 12.8. The Morgan fingerprint density at radius 1 is 0.328 bits per heavy atom. The van der Waals surface area contributed by atoms with Gasteiger partial charge in [0.05, 0.1) is 0 Å². The zero-order valence-corrected chi connectivity index (χ0v) is 39.7. The average molecular weight is 849 g/mol. The molecule has 0 N–H and O–H groups in total. The van der Waals surface area contributed by atoms with E-state index in [1.54, 1.807) is 0 Å². The highest BCUT2D eigenvalue weighted by Crippen LogP contribution is 2.12. The van der Waals surface area contributed by atoms with Crippen LogP contribution in [-0.2, 0) is 28.6 Å². The molecule has 61 heavy (non-hydrogen) atoms. The molecule has 348 valence electrons. The van der Waals surface area contributed by atoms with E-state index in [0.29, 0.717) is 19.3 Å². The summed E-state index contributed by atoms with van der Waals surface area (Å²) in [5.41, 5.74) is 0. The van der Waals surface area contributed by atoms with E-state index in [2.05, 4.69) is 106 Å². The third-order valence-electron chi connectivity index (χ3n) is 10.3. The maximum absolute atomic E-state index is 12.8. The van der Waals surface area contributed by atoms with Crippen LogP contribution in [0.3, 0.4) is 0 Å². The summed E-state index contributed by atoms with van der Waals surface area (Å²) in [4.78, 5) is 37.9. The highest BCUT2D eigenvalue weighted by Gasteiger charge is 2.19. The maximum Gasteiger partial charge on any atom is 0.306 e. The Balaban J connectivity index is 4.49. The van der Waals surface area contributed by atoms with Crippen LogP contribution in [0.25, 0.3) is 0 Å². The van der Waals surface area contributed by atoms with Gasteiger partial charge >= 0.3 is 17.9 Å². The van der Waals surface area contributed by atoms with Gasteiger partial charge in [-0.05, 0) is 116 Å². The van der Waals surface area contributed by atoms with Crippen LogP contribution in [0.2, 0.25) is 0 Å². The predicted molar refractivity (Wildman–Crippen MR) is 261 cm³/mol. The standard InChI is InChI=1S/C55H92O6/c1-4-7-10-13-16-19-22-24-26-27-29-30-33-36-39-42-45-48-54(57)60-51-52(50-59-53(56)47-44-41-38-35-32-21-18-15-12-9-6-3)61-55(58)49-46-43-40-37-34-31-28-25-23-20-17-14-11-8-5-2/h15-20,24-26,28-30,34,37,52H,4-14,21-23,27,31-33,35-36,38-51H2,1-3H3/b18-15-,19-16-,20-17-,26-24-,28-25-,30-29-,37-34-/t52-/m1/s1. The minimum Gasteiger partial charge on any atom is -0.462 e. The molecule has 0 aliphatic rings. The zero-order chi connectivity index (χ0) is 44.4. The number of rotatable bonds is 44. The Kier molecular flexibility index (Phi) is 46.5. The highest BCUT2D eigenvalue weighted by atomic mass is 16.6. The molecule has 0 aromatic rings. The van der Waals surface area contributed by atoms with Crippen LogP contribution >= 0.6 is 0 Å². The number of hydrogen-bond donors (Lipinski definition) is 0. The minimum atomic E-state index is -0.808. The fraction of sp³-hybridized carbons (Fsp3) is 0.691. The summed E-state index contributed by atoms with van der Waals surface area (Å²) in [7, 11) is 0. The van der Waals surface area contributed by atoms with Gasteiger partial charge in [0.25, 0.3) is 0 Å². The second-order valence-electron chi connectivity index (χ2n) is 16.4. The van der Waals surface area contributed by atoms with Crippen LogP contribution in [0.1, 0.15) is 226 Å². The van der Waals surface area contributed by atoms with Gasteiger partial charge in [0.2, 0.25) is 0 Å². The highest BCUT2D eigenvalue weighted by molar-refractivity contribution is 5.71. The molecule has 0 saturated heterocycles. The van der Waals surface area contributed by atoms with E-state index in [1.165, 1.54) is 77.0 Å². The van der Waals surface area contributed by atoms with E-state index >= 15 is 0 Å². The summed E-state index contributed by atoms with van der Waals surface area (Å²) >= 11 is 0. The number of unbranched alkanes of at least 4 members (excludes halogenated alkanes) is 19. The van der Waals surface area contributed by atoms with Crippen LogP contribution in [0, 0.1) is 0 Å². The van der Waals surface area contributed by atoms with Crippen molar-refractivity contribution in [1.29, 1.82) is 0 Å². The molecule has 0 amide bonds. The Morgan fingerprint density at radius 2 is 0.607 bits per heavy atom. The van der Waals surface area contributed by atoms with Crippen LogP contribution < -0.4 is 0 Å². The van der Waals surface area contributed by atoms with Gasteiger partial charge in [-0.25, -0.2) is 0 Å². The van der Waals surface area contributed by atoms with E-state index in [-0.39, 0.29) is 37.5 Å². The van der Waals surface area contributed by atoms with Gasteiger partial charge in [-0.2, -0.15) is 0 Å². The zero-order valence-electron chi connectivity index (χ0n) is 39.7. The van der Waals surface area contributed by atoms with E-state index in [0.717, 1.165) is 103 Å². The summed E-state index contributed by atoms with van der Waals surface area (Å²) in [5.74, 6) is -0.979. The molecule has 0 aromatic heterocycles. The van der Waals surface area contributed by atoms with Crippen molar-refractivity contribution in [2.24, 2.45) is 0 Å². The lowest BCUT2D eigenvalue weighted by atomic mass is 10.1. The smallest absolute Gasteiger partial charge is 0.306 e. The lowest BCUT2D eigenvalue weighted by Crippen LogP contribution is -2.30. The molecule has 0 bridgehead atoms. The monoisotopic (exact) mass is 849 g/mol. The molecule has 0 radical (unpaired) electrons. The first kappa shape index (κ1) is 57.6. The van der Waals surface area contributed by atoms with Crippen LogP contribution in [0.15, 0.2) is 85.1 Å². The summed E-state index contributed by atoms with van der Waals surface area (Å²) in [6, 6.07) is 0. The van der Waals surface area contributed by atoms with Crippen molar-refractivity contribution in [2.45, 2.75) is 232 Å². The third kappa shape index (κ3) is 47.5. The average Bonchev–Trinajstić information content (AvgIpc) is 3.26. The summed E-state index contributed by atoms with van der Waals surface area (Å²) in [6.07, 6.45) is 62.8. The lowest BCUT2D eigenvalue weighted by Gasteiger charge is -2.18. The molecule has 0 unspecified atom stereocenters. The fourth-order valence-electron chi connectivity index (χ4n) is 6.49. The van der Waals surface area contributed by atoms with Gasteiger partial charge in [0.15, 0.2) is 6.10 Å². The van der Waals surface area contributed by atoms with Crippen LogP contribution in [0.4, 0.5) is 0 Å². The molecular formula is C55H92O6. The van der Waals surface area contributed by atoms with Crippen molar-refractivity contribution in [3.8, 4) is 0 Å². The van der Waals surface area contributed by atoms with Crippen molar-refractivity contribution in [2.75, 3.05) is 13.2 Å². The Morgan fingerprint density at radius 3 is 1.02 bits per heavy atom. The molecule has 0 rings (SSSR count). The Hall–Kier alpha value is -3.41. The molecule has 0 saturated carbocycles. The molecule has 0 heterocycles. The van der Waals surface area contributed by atoms with Crippen molar-refractivity contribution < 1.29 is 28.6 Å². The van der Waals surface area contributed by atoms with Gasteiger partial charge in [-0.15, -0.1) is 0 Å². The fourth-order valence-corrected chi connectivity index (χ4v) is 6.49. The molecule has 0 spiro atoms. The second kappa shape index (κ2) is 49.2. The summed E-state index contributed by atoms with van der Waals surface area (Å²) < 4.78 is 16.7. The van der Waals surface area contributed by atoms with Gasteiger partial charge in [-0.3, -0.25) is 14.4 Å². The van der Waals surface area contributed by atoms with Gasteiger partial charge < -0.3 is 14.2 Å². The molecule has 0 aliphatic carbocycles. The predicted octanol–water partition coefficient (Wildman–Crippen LogP) is 16.4. The number of carbonyl (C=O) groups is 3. The number of allylic oxidation sites excluding steroid dienone is 14. The summed E-state index contributed by atoms with van der Waals surface area (Å²) in [6.45, 7) is 6.47. The molecule has 6 nitrogen and oxygen atoms in total. The van der Waals surface area contributed by atoms with Gasteiger partial charge in [0, 0.05) is 19.3 Å². The van der Waals surface area contributed by atoms with E-state index < -0.39 is 6.10 Å². The maximum atomic E-state index is 12.8. The molecule has 0 aromatic carbocycles.